The summed E-state index contributed by atoms with van der Waals surface area (Å²) in [5.74, 6) is 0.570. The first kappa shape index (κ1) is 15.0. The van der Waals surface area contributed by atoms with E-state index in [2.05, 4.69) is 20.8 Å². The Bertz CT molecular complexity index is 640. The molecule has 3 rings (SSSR count). The highest BCUT2D eigenvalue weighted by molar-refractivity contribution is 7.86. The SMILES string of the molecule is Cc1ccc(S(=O)(=O)O[C@H]2C(C)(C)[C@H]3CC[C@]2(C)C3)cc1. The van der Waals surface area contributed by atoms with Crippen molar-refractivity contribution in [3.8, 4) is 0 Å². The minimum absolute atomic E-state index is 0.00800. The maximum Gasteiger partial charge on any atom is 0.297 e. The van der Waals surface area contributed by atoms with Gasteiger partial charge in [0, 0.05) is 0 Å². The third kappa shape index (κ3) is 2.33. The third-order valence-electron chi connectivity index (χ3n) is 5.67. The van der Waals surface area contributed by atoms with Crippen molar-refractivity contribution in [2.75, 3.05) is 0 Å². The largest absolute Gasteiger partial charge is 0.297 e. The number of aryl methyl sites for hydroxylation is 1. The van der Waals surface area contributed by atoms with Crippen LogP contribution in [-0.2, 0) is 14.3 Å². The van der Waals surface area contributed by atoms with Gasteiger partial charge >= 0.3 is 0 Å². The molecule has 116 valence electrons. The Labute approximate surface area is 127 Å². The Morgan fingerprint density at radius 3 is 2.29 bits per heavy atom. The van der Waals surface area contributed by atoms with Gasteiger partial charge in [-0.05, 0) is 55.1 Å². The summed E-state index contributed by atoms with van der Waals surface area (Å²) in [7, 11) is -3.69. The Balaban J connectivity index is 1.91. The molecule has 0 aromatic heterocycles. The van der Waals surface area contributed by atoms with E-state index in [0.717, 1.165) is 18.4 Å². The van der Waals surface area contributed by atoms with Gasteiger partial charge in [-0.2, -0.15) is 8.42 Å². The summed E-state index contributed by atoms with van der Waals surface area (Å²) in [6.07, 6.45) is 3.10. The van der Waals surface area contributed by atoms with Gasteiger partial charge in [0.1, 0.15) is 0 Å². The van der Waals surface area contributed by atoms with Gasteiger partial charge in [0.25, 0.3) is 10.1 Å². The van der Waals surface area contributed by atoms with Crippen molar-refractivity contribution in [2.24, 2.45) is 16.7 Å². The topological polar surface area (TPSA) is 43.4 Å². The third-order valence-corrected chi connectivity index (χ3v) is 6.97. The van der Waals surface area contributed by atoms with Gasteiger partial charge in [-0.25, -0.2) is 0 Å². The summed E-state index contributed by atoms with van der Waals surface area (Å²) in [5.41, 5.74) is 0.956. The van der Waals surface area contributed by atoms with Gasteiger partial charge in [-0.15, -0.1) is 0 Å². The molecule has 2 aliphatic rings. The van der Waals surface area contributed by atoms with E-state index >= 15 is 0 Å². The lowest BCUT2D eigenvalue weighted by atomic mass is 9.70. The average molecular weight is 308 g/mol. The fourth-order valence-corrected chi connectivity index (χ4v) is 5.70. The van der Waals surface area contributed by atoms with E-state index in [1.807, 2.05) is 19.1 Å². The molecule has 21 heavy (non-hydrogen) atoms. The van der Waals surface area contributed by atoms with Crippen LogP contribution in [0.5, 0.6) is 0 Å². The zero-order valence-electron chi connectivity index (χ0n) is 13.2. The highest BCUT2D eigenvalue weighted by Crippen LogP contribution is 2.63. The minimum Gasteiger partial charge on any atom is -0.262 e. The van der Waals surface area contributed by atoms with Crippen molar-refractivity contribution in [3.63, 3.8) is 0 Å². The van der Waals surface area contributed by atoms with Crippen molar-refractivity contribution < 1.29 is 12.6 Å². The van der Waals surface area contributed by atoms with Crippen molar-refractivity contribution in [2.45, 2.75) is 58.0 Å². The van der Waals surface area contributed by atoms with Gasteiger partial charge < -0.3 is 0 Å². The van der Waals surface area contributed by atoms with Crippen molar-refractivity contribution in [1.29, 1.82) is 0 Å². The van der Waals surface area contributed by atoms with Crippen LogP contribution in [-0.4, -0.2) is 14.5 Å². The van der Waals surface area contributed by atoms with Crippen LogP contribution in [0.1, 0.15) is 45.6 Å². The summed E-state index contributed by atoms with van der Waals surface area (Å²) in [5, 5.41) is 0. The van der Waals surface area contributed by atoms with E-state index in [0.29, 0.717) is 5.92 Å². The van der Waals surface area contributed by atoms with Crippen molar-refractivity contribution >= 4 is 10.1 Å². The Morgan fingerprint density at radius 2 is 1.76 bits per heavy atom. The van der Waals surface area contributed by atoms with E-state index in [1.54, 1.807) is 12.1 Å². The molecule has 3 nitrogen and oxygen atoms in total. The molecule has 1 aromatic rings. The van der Waals surface area contributed by atoms with E-state index in [9.17, 15) is 8.42 Å². The molecule has 0 radical (unpaired) electrons. The van der Waals surface area contributed by atoms with Crippen LogP contribution < -0.4 is 0 Å². The van der Waals surface area contributed by atoms with Crippen LogP contribution in [0.2, 0.25) is 0 Å². The zero-order chi connectivity index (χ0) is 15.5. The van der Waals surface area contributed by atoms with Gasteiger partial charge in [0.15, 0.2) is 0 Å². The molecule has 0 aliphatic heterocycles. The molecule has 0 spiro atoms. The Morgan fingerprint density at radius 1 is 1.14 bits per heavy atom. The van der Waals surface area contributed by atoms with Crippen molar-refractivity contribution in [3.05, 3.63) is 29.8 Å². The molecule has 4 heteroatoms. The highest BCUT2D eigenvalue weighted by atomic mass is 32.2. The second kappa shape index (κ2) is 4.56. The lowest BCUT2D eigenvalue weighted by Gasteiger charge is -2.41. The number of hydrogen-bond donors (Lipinski definition) is 0. The first-order valence-corrected chi connectivity index (χ1v) is 9.06. The summed E-state index contributed by atoms with van der Waals surface area (Å²) >= 11 is 0. The van der Waals surface area contributed by atoms with Crippen LogP contribution in [0.3, 0.4) is 0 Å². The summed E-state index contributed by atoms with van der Waals surface area (Å²) in [6.45, 7) is 8.42. The Hall–Kier alpha value is -0.870. The smallest absolute Gasteiger partial charge is 0.262 e. The zero-order valence-corrected chi connectivity index (χ0v) is 14.0. The first-order valence-electron chi connectivity index (χ1n) is 7.65. The van der Waals surface area contributed by atoms with Crippen LogP contribution >= 0.6 is 0 Å². The number of fused-ring (bicyclic) bond motifs is 2. The van der Waals surface area contributed by atoms with E-state index in [-0.39, 0.29) is 21.8 Å². The summed E-state index contributed by atoms with van der Waals surface area (Å²) in [6, 6.07) is 6.88. The maximum absolute atomic E-state index is 12.6. The average Bonchev–Trinajstić information content (AvgIpc) is 2.87. The van der Waals surface area contributed by atoms with E-state index < -0.39 is 10.1 Å². The standard InChI is InChI=1S/C17H24O3S/c1-12-5-7-14(8-6-12)21(18,19)20-15-16(2,3)13-9-10-17(15,4)11-13/h5-8,13,15H,9-11H2,1-4H3/t13-,15-,17+/m0/s1. The number of benzene rings is 1. The maximum atomic E-state index is 12.6. The van der Waals surface area contributed by atoms with Crippen LogP contribution in [0.4, 0.5) is 0 Å². The minimum atomic E-state index is -3.69. The fourth-order valence-electron chi connectivity index (χ4n) is 4.38. The quantitative estimate of drug-likeness (QED) is 0.795. The predicted octanol–water partition coefficient (Wildman–Crippen LogP) is 3.92. The van der Waals surface area contributed by atoms with Crippen LogP contribution in [0, 0.1) is 23.7 Å². The number of hydrogen-bond acceptors (Lipinski definition) is 3. The first-order chi connectivity index (χ1) is 9.65. The summed E-state index contributed by atoms with van der Waals surface area (Å²) in [4.78, 5) is 0.260. The molecular formula is C17H24O3S. The normalized spacial score (nSPS) is 34.3. The lowest BCUT2D eigenvalue weighted by molar-refractivity contribution is -0.00975. The molecule has 2 aliphatic carbocycles. The molecule has 2 saturated carbocycles. The van der Waals surface area contributed by atoms with Gasteiger partial charge in [0.2, 0.25) is 0 Å². The molecule has 0 unspecified atom stereocenters. The second-order valence-corrected chi connectivity index (χ2v) is 9.23. The molecule has 3 atom stereocenters. The van der Waals surface area contributed by atoms with Crippen LogP contribution in [0.25, 0.3) is 0 Å². The number of rotatable bonds is 3. The van der Waals surface area contributed by atoms with Gasteiger partial charge in [-0.3, -0.25) is 4.18 Å². The van der Waals surface area contributed by atoms with E-state index in [4.69, 9.17) is 4.18 Å². The second-order valence-electron chi connectivity index (χ2n) is 7.66. The molecule has 0 saturated heterocycles. The highest BCUT2D eigenvalue weighted by Gasteiger charge is 2.61. The molecule has 2 fully saturated rings. The van der Waals surface area contributed by atoms with Crippen LogP contribution in [0.15, 0.2) is 29.2 Å². The molecule has 0 amide bonds. The lowest BCUT2D eigenvalue weighted by Crippen LogP contribution is -2.43. The van der Waals surface area contributed by atoms with Crippen molar-refractivity contribution in [1.82, 2.24) is 0 Å². The molecule has 1 aromatic carbocycles. The molecule has 0 heterocycles. The monoisotopic (exact) mass is 308 g/mol. The molecule has 2 bridgehead atoms. The molecule has 0 N–H and O–H groups in total. The van der Waals surface area contributed by atoms with Gasteiger partial charge in [0.05, 0.1) is 11.0 Å². The van der Waals surface area contributed by atoms with E-state index in [1.165, 1.54) is 6.42 Å². The Kier molecular flexibility index (Phi) is 3.27. The summed E-state index contributed by atoms with van der Waals surface area (Å²) < 4.78 is 30.9. The fraction of sp³-hybridized carbons (Fsp3) is 0.647. The van der Waals surface area contributed by atoms with Gasteiger partial charge in [-0.1, -0.05) is 38.5 Å². The molecular weight excluding hydrogens is 284 g/mol. The predicted molar refractivity (Wildman–Crippen MR) is 82.5 cm³/mol.